The highest BCUT2D eigenvalue weighted by molar-refractivity contribution is 14.0. The Morgan fingerprint density at radius 2 is 1.97 bits per heavy atom. The number of halogens is 1. The van der Waals surface area contributed by atoms with Crippen molar-refractivity contribution in [1.29, 1.82) is 0 Å². The van der Waals surface area contributed by atoms with Gasteiger partial charge in [0, 0.05) is 38.6 Å². The summed E-state index contributed by atoms with van der Waals surface area (Å²) in [6.07, 6.45) is 6.78. The van der Waals surface area contributed by atoms with Crippen LogP contribution in [0.5, 0.6) is 0 Å². The smallest absolute Gasteiger partial charge is 0.225 e. The summed E-state index contributed by atoms with van der Waals surface area (Å²) in [5, 5.41) is 6.87. The Kier molecular flexibility index (Phi) is 8.57. The zero-order valence-corrected chi connectivity index (χ0v) is 21.0. The Morgan fingerprint density at radius 1 is 1.19 bits per heavy atom. The number of benzene rings is 1. The van der Waals surface area contributed by atoms with Gasteiger partial charge in [0.2, 0.25) is 5.91 Å². The van der Waals surface area contributed by atoms with E-state index in [4.69, 9.17) is 9.98 Å². The average molecular weight is 538 g/mol. The Labute approximate surface area is 202 Å². The van der Waals surface area contributed by atoms with Crippen LogP contribution in [-0.4, -0.2) is 52.0 Å². The van der Waals surface area contributed by atoms with Gasteiger partial charge in [0.25, 0.3) is 0 Å². The number of hydrogen-bond donors (Lipinski definition) is 2. The van der Waals surface area contributed by atoms with Crippen LogP contribution in [0.25, 0.3) is 11.0 Å². The predicted molar refractivity (Wildman–Crippen MR) is 136 cm³/mol. The summed E-state index contributed by atoms with van der Waals surface area (Å²) < 4.78 is 2.10. The third-order valence-corrected chi connectivity index (χ3v) is 6.40. The first-order valence-corrected chi connectivity index (χ1v) is 11.4. The van der Waals surface area contributed by atoms with Gasteiger partial charge in [0.15, 0.2) is 5.96 Å². The summed E-state index contributed by atoms with van der Waals surface area (Å²) in [6.45, 7) is 4.99. The molecule has 0 spiro atoms. The summed E-state index contributed by atoms with van der Waals surface area (Å²) in [4.78, 5) is 24.4. The maximum atomic E-state index is 12.8. The molecular weight excluding hydrogens is 503 g/mol. The number of para-hydroxylation sites is 2. The molecule has 2 N–H and O–H groups in total. The third kappa shape index (κ3) is 5.70. The molecule has 1 saturated heterocycles. The molecule has 1 aliphatic carbocycles. The van der Waals surface area contributed by atoms with E-state index in [1.54, 1.807) is 0 Å². The van der Waals surface area contributed by atoms with Gasteiger partial charge in [-0.1, -0.05) is 31.4 Å². The zero-order chi connectivity index (χ0) is 20.9. The van der Waals surface area contributed by atoms with Crippen molar-refractivity contribution in [3.8, 4) is 0 Å². The van der Waals surface area contributed by atoms with Gasteiger partial charge in [0.1, 0.15) is 12.4 Å². The minimum absolute atomic E-state index is 0. The van der Waals surface area contributed by atoms with Crippen molar-refractivity contribution in [1.82, 2.24) is 25.1 Å². The number of aryl methyl sites for hydroxylation is 1. The topological polar surface area (TPSA) is 74.6 Å². The molecule has 1 aromatic heterocycles. The van der Waals surface area contributed by atoms with Crippen molar-refractivity contribution < 1.29 is 4.79 Å². The predicted octanol–water partition coefficient (Wildman–Crippen LogP) is 3.43. The molecule has 1 aliphatic heterocycles. The minimum atomic E-state index is 0. The molecule has 4 rings (SSSR count). The van der Waals surface area contributed by atoms with Gasteiger partial charge in [-0.2, -0.15) is 0 Å². The van der Waals surface area contributed by atoms with Gasteiger partial charge in [-0.15, -0.1) is 24.0 Å². The fourth-order valence-electron chi connectivity index (χ4n) is 4.69. The number of guanidine groups is 1. The van der Waals surface area contributed by atoms with Crippen LogP contribution in [0.2, 0.25) is 0 Å². The number of fused-ring (bicyclic) bond motifs is 1. The molecule has 31 heavy (non-hydrogen) atoms. The highest BCUT2D eigenvalue weighted by atomic mass is 127. The number of carbonyl (C=O) groups is 1. The molecule has 8 heteroatoms. The number of carbonyl (C=O) groups excluding carboxylic acids is 1. The number of likely N-dealkylation sites (tertiary alicyclic amines) is 1. The first kappa shape index (κ1) is 23.8. The summed E-state index contributed by atoms with van der Waals surface area (Å²) in [6, 6.07) is 8.39. The van der Waals surface area contributed by atoms with Crippen molar-refractivity contribution in [2.75, 3.05) is 19.6 Å². The van der Waals surface area contributed by atoms with Crippen molar-refractivity contribution in [3.63, 3.8) is 0 Å². The molecular formula is C23H35IN6O. The number of aliphatic imine (C=N–C) groups is 1. The molecule has 1 saturated carbocycles. The lowest BCUT2D eigenvalue weighted by Crippen LogP contribution is -2.45. The van der Waals surface area contributed by atoms with Crippen molar-refractivity contribution in [2.45, 2.75) is 58.0 Å². The molecule has 7 nitrogen and oxygen atoms in total. The Hall–Kier alpha value is -1.84. The molecule has 1 aromatic carbocycles. The fourth-order valence-corrected chi connectivity index (χ4v) is 4.69. The van der Waals surface area contributed by atoms with Gasteiger partial charge in [-0.25, -0.2) is 9.98 Å². The van der Waals surface area contributed by atoms with Gasteiger partial charge in [0.05, 0.1) is 11.0 Å². The number of amides is 1. The first-order valence-electron chi connectivity index (χ1n) is 11.4. The van der Waals surface area contributed by atoms with E-state index in [1.165, 1.54) is 19.3 Å². The number of hydrogen-bond acceptors (Lipinski definition) is 3. The van der Waals surface area contributed by atoms with Crippen LogP contribution in [-0.2, 0) is 18.4 Å². The molecule has 1 unspecified atom stereocenters. The van der Waals surface area contributed by atoms with E-state index >= 15 is 0 Å². The molecule has 0 bridgehead atoms. The SMILES string of the molecule is CCNC(=NCc1nc2ccccc2n1C)NC1CCN(C(=O)C2CCCCC2)C1.I. The normalized spacial score (nSPS) is 20.0. The second-order valence-corrected chi connectivity index (χ2v) is 8.52. The van der Waals surface area contributed by atoms with Crippen LogP contribution in [0.1, 0.15) is 51.3 Å². The summed E-state index contributed by atoms with van der Waals surface area (Å²) >= 11 is 0. The van der Waals surface area contributed by atoms with Crippen LogP contribution >= 0.6 is 24.0 Å². The molecule has 2 heterocycles. The summed E-state index contributed by atoms with van der Waals surface area (Å²) in [7, 11) is 2.03. The molecule has 2 fully saturated rings. The van der Waals surface area contributed by atoms with Crippen molar-refractivity contribution >= 4 is 46.9 Å². The van der Waals surface area contributed by atoms with Gasteiger partial charge >= 0.3 is 0 Å². The lowest BCUT2D eigenvalue weighted by atomic mass is 9.88. The number of rotatable bonds is 5. The summed E-state index contributed by atoms with van der Waals surface area (Å²) in [5.41, 5.74) is 2.11. The number of nitrogens with one attached hydrogen (secondary N) is 2. The average Bonchev–Trinajstić information content (AvgIpc) is 3.37. The van der Waals surface area contributed by atoms with E-state index in [0.29, 0.717) is 12.5 Å². The maximum absolute atomic E-state index is 12.8. The van der Waals surface area contributed by atoms with E-state index in [0.717, 1.165) is 61.7 Å². The maximum Gasteiger partial charge on any atom is 0.225 e. The standard InChI is InChI=1S/C23H34N6O.HI/c1-3-24-23(25-15-21-27-19-11-7-8-12-20(19)28(21)2)26-18-13-14-29(16-18)22(30)17-9-5-4-6-10-17;/h7-8,11-12,17-18H,3-6,9-10,13-16H2,1-2H3,(H2,24,25,26);1H. The highest BCUT2D eigenvalue weighted by Gasteiger charge is 2.31. The fraction of sp³-hybridized carbons (Fsp3) is 0.609. The highest BCUT2D eigenvalue weighted by Crippen LogP contribution is 2.26. The second-order valence-electron chi connectivity index (χ2n) is 8.52. The van der Waals surface area contributed by atoms with Crippen LogP contribution in [0, 0.1) is 5.92 Å². The Balaban J connectivity index is 0.00000272. The van der Waals surface area contributed by atoms with E-state index in [1.807, 2.05) is 25.2 Å². The molecule has 0 radical (unpaired) electrons. The minimum Gasteiger partial charge on any atom is -0.357 e. The lowest BCUT2D eigenvalue weighted by molar-refractivity contribution is -0.135. The number of nitrogens with zero attached hydrogens (tertiary/aromatic N) is 4. The Bertz CT molecular complexity index is 905. The van der Waals surface area contributed by atoms with Gasteiger partial charge < -0.3 is 20.1 Å². The van der Waals surface area contributed by atoms with Gasteiger partial charge in [-0.05, 0) is 38.3 Å². The van der Waals surface area contributed by atoms with E-state index in [2.05, 4.69) is 33.1 Å². The monoisotopic (exact) mass is 538 g/mol. The van der Waals surface area contributed by atoms with Gasteiger partial charge in [-0.3, -0.25) is 4.79 Å². The third-order valence-electron chi connectivity index (χ3n) is 6.40. The quantitative estimate of drug-likeness (QED) is 0.348. The van der Waals surface area contributed by atoms with Crippen LogP contribution in [0.3, 0.4) is 0 Å². The first-order chi connectivity index (χ1) is 14.7. The Morgan fingerprint density at radius 3 is 2.71 bits per heavy atom. The summed E-state index contributed by atoms with van der Waals surface area (Å²) in [5.74, 6) is 2.34. The second kappa shape index (κ2) is 11.2. The number of aromatic nitrogens is 2. The molecule has 170 valence electrons. The molecule has 2 aromatic rings. The van der Waals surface area contributed by atoms with Crippen molar-refractivity contribution in [2.24, 2.45) is 18.0 Å². The molecule has 2 aliphatic rings. The van der Waals surface area contributed by atoms with E-state index < -0.39 is 0 Å². The lowest BCUT2D eigenvalue weighted by Gasteiger charge is -2.26. The van der Waals surface area contributed by atoms with Crippen LogP contribution in [0.15, 0.2) is 29.3 Å². The zero-order valence-electron chi connectivity index (χ0n) is 18.6. The molecule has 1 atom stereocenters. The van der Waals surface area contributed by atoms with Crippen LogP contribution in [0.4, 0.5) is 0 Å². The van der Waals surface area contributed by atoms with E-state index in [-0.39, 0.29) is 35.9 Å². The number of imidazole rings is 1. The van der Waals surface area contributed by atoms with Crippen molar-refractivity contribution in [3.05, 3.63) is 30.1 Å². The molecule has 1 amide bonds. The largest absolute Gasteiger partial charge is 0.357 e. The van der Waals surface area contributed by atoms with Crippen LogP contribution < -0.4 is 10.6 Å². The van der Waals surface area contributed by atoms with E-state index in [9.17, 15) is 4.79 Å².